The van der Waals surface area contributed by atoms with E-state index in [0.717, 1.165) is 16.9 Å². The molecule has 3 aromatic rings. The molecule has 0 unspecified atom stereocenters. The zero-order valence-electron chi connectivity index (χ0n) is 11.6. The van der Waals surface area contributed by atoms with Crippen LogP contribution in [0.3, 0.4) is 0 Å². The van der Waals surface area contributed by atoms with Gasteiger partial charge >= 0.3 is 0 Å². The summed E-state index contributed by atoms with van der Waals surface area (Å²) < 4.78 is 5.34. The first-order chi connectivity index (χ1) is 10.7. The number of halogens is 1. The first-order valence-corrected chi connectivity index (χ1v) is 7.12. The second kappa shape index (κ2) is 6.45. The summed E-state index contributed by atoms with van der Waals surface area (Å²) in [5, 5.41) is 3.46. The number of benzene rings is 1. The first-order valence-electron chi connectivity index (χ1n) is 6.74. The van der Waals surface area contributed by atoms with Gasteiger partial charge in [-0.05, 0) is 48.0 Å². The summed E-state index contributed by atoms with van der Waals surface area (Å²) in [6, 6.07) is 12.4. The normalized spacial score (nSPS) is 10.4. The van der Waals surface area contributed by atoms with Crippen LogP contribution >= 0.6 is 11.6 Å². The fourth-order valence-corrected chi connectivity index (χ4v) is 2.17. The number of hydrogen-bond acceptors (Lipinski definition) is 3. The summed E-state index contributed by atoms with van der Waals surface area (Å²) in [4.78, 5) is 16.2. The summed E-state index contributed by atoms with van der Waals surface area (Å²) in [5.74, 6) is 0.596. The van der Waals surface area contributed by atoms with E-state index in [1.165, 1.54) is 0 Å². The maximum Gasteiger partial charge on any atom is 0.251 e. The average Bonchev–Trinajstić information content (AvgIpc) is 3.08. The predicted octanol–water partition coefficient (Wildman–Crippen LogP) is 3.93. The molecule has 0 spiro atoms. The molecule has 1 amide bonds. The smallest absolute Gasteiger partial charge is 0.251 e. The molecule has 1 aromatic carbocycles. The topological polar surface area (TPSA) is 55.1 Å². The lowest BCUT2D eigenvalue weighted by Gasteiger charge is -2.06. The van der Waals surface area contributed by atoms with Gasteiger partial charge in [0, 0.05) is 35.1 Å². The highest BCUT2D eigenvalue weighted by molar-refractivity contribution is 6.30. The molecule has 0 aliphatic carbocycles. The van der Waals surface area contributed by atoms with Gasteiger partial charge in [0.25, 0.3) is 5.91 Å². The Balaban J connectivity index is 1.67. The Morgan fingerprint density at radius 3 is 2.73 bits per heavy atom. The average molecular weight is 313 g/mol. The molecule has 4 nitrogen and oxygen atoms in total. The van der Waals surface area contributed by atoms with Crippen LogP contribution in [0, 0.1) is 0 Å². The van der Waals surface area contributed by atoms with E-state index in [1.54, 1.807) is 42.9 Å². The van der Waals surface area contributed by atoms with Gasteiger partial charge in [0.15, 0.2) is 0 Å². The number of hydrogen-bond donors (Lipinski definition) is 1. The second-order valence-corrected chi connectivity index (χ2v) is 5.19. The molecule has 1 N–H and O–H groups in total. The number of carbonyl (C=O) groups excluding carboxylic acids is 1. The number of nitrogens with one attached hydrogen (secondary N) is 1. The molecule has 0 bridgehead atoms. The van der Waals surface area contributed by atoms with Gasteiger partial charge in [0.1, 0.15) is 5.76 Å². The SMILES string of the molecule is O=C(NCc1cncc(-c2ccco2)c1)c1ccc(Cl)cc1. The Hall–Kier alpha value is -2.59. The zero-order chi connectivity index (χ0) is 15.4. The van der Waals surface area contributed by atoms with Crippen molar-refractivity contribution in [3.8, 4) is 11.3 Å². The molecule has 2 aromatic heterocycles. The van der Waals surface area contributed by atoms with Gasteiger partial charge < -0.3 is 9.73 Å². The Morgan fingerprint density at radius 2 is 2.00 bits per heavy atom. The van der Waals surface area contributed by atoms with Crippen LogP contribution in [0.4, 0.5) is 0 Å². The predicted molar refractivity (Wildman–Crippen MR) is 84.6 cm³/mol. The third-order valence-electron chi connectivity index (χ3n) is 3.16. The van der Waals surface area contributed by atoms with Crippen molar-refractivity contribution in [1.29, 1.82) is 0 Å². The van der Waals surface area contributed by atoms with E-state index in [9.17, 15) is 4.79 Å². The van der Waals surface area contributed by atoms with Gasteiger partial charge in [-0.25, -0.2) is 0 Å². The van der Waals surface area contributed by atoms with Crippen molar-refractivity contribution < 1.29 is 9.21 Å². The molecule has 5 heteroatoms. The van der Waals surface area contributed by atoms with Crippen molar-refractivity contribution in [3.63, 3.8) is 0 Å². The molecule has 0 saturated heterocycles. The van der Waals surface area contributed by atoms with Gasteiger partial charge in [-0.3, -0.25) is 9.78 Å². The monoisotopic (exact) mass is 312 g/mol. The van der Waals surface area contributed by atoms with Crippen LogP contribution in [0.25, 0.3) is 11.3 Å². The number of nitrogens with zero attached hydrogens (tertiary/aromatic N) is 1. The van der Waals surface area contributed by atoms with E-state index in [4.69, 9.17) is 16.0 Å². The maximum absolute atomic E-state index is 12.0. The lowest BCUT2D eigenvalue weighted by Crippen LogP contribution is -2.22. The van der Waals surface area contributed by atoms with Crippen LogP contribution in [0.15, 0.2) is 65.5 Å². The van der Waals surface area contributed by atoms with Crippen LogP contribution in [0.1, 0.15) is 15.9 Å². The standard InChI is InChI=1S/C17H13ClN2O2/c18-15-5-3-13(4-6-15)17(21)20-10-12-8-14(11-19-9-12)16-2-1-7-22-16/h1-9,11H,10H2,(H,20,21). The van der Waals surface area contributed by atoms with E-state index >= 15 is 0 Å². The molecule has 0 saturated carbocycles. The Labute approximate surface area is 132 Å². The number of carbonyl (C=O) groups is 1. The molecule has 22 heavy (non-hydrogen) atoms. The lowest BCUT2D eigenvalue weighted by atomic mass is 10.1. The second-order valence-electron chi connectivity index (χ2n) is 4.75. The van der Waals surface area contributed by atoms with Gasteiger partial charge in [0.2, 0.25) is 0 Å². The lowest BCUT2D eigenvalue weighted by molar-refractivity contribution is 0.0951. The minimum Gasteiger partial charge on any atom is -0.464 e. The first kappa shape index (κ1) is 14.4. The van der Waals surface area contributed by atoms with Crippen molar-refractivity contribution >= 4 is 17.5 Å². The molecule has 0 aliphatic heterocycles. The van der Waals surface area contributed by atoms with Crippen molar-refractivity contribution in [1.82, 2.24) is 10.3 Å². The van der Waals surface area contributed by atoms with Gasteiger partial charge in [0.05, 0.1) is 6.26 Å². The van der Waals surface area contributed by atoms with Crippen LogP contribution in [-0.2, 0) is 6.54 Å². The molecule has 3 rings (SSSR count). The third kappa shape index (κ3) is 3.35. The van der Waals surface area contributed by atoms with Gasteiger partial charge in [-0.1, -0.05) is 11.6 Å². The third-order valence-corrected chi connectivity index (χ3v) is 3.41. The summed E-state index contributed by atoms with van der Waals surface area (Å²) in [6.07, 6.45) is 5.06. The largest absolute Gasteiger partial charge is 0.464 e. The van der Waals surface area contributed by atoms with E-state index in [1.807, 2.05) is 18.2 Å². The maximum atomic E-state index is 12.0. The van der Waals surface area contributed by atoms with Crippen LogP contribution < -0.4 is 5.32 Å². The minimum atomic E-state index is -0.153. The van der Waals surface area contributed by atoms with E-state index in [2.05, 4.69) is 10.3 Å². The van der Waals surface area contributed by atoms with Crippen molar-refractivity contribution in [2.24, 2.45) is 0 Å². The van der Waals surface area contributed by atoms with Crippen molar-refractivity contribution in [2.75, 3.05) is 0 Å². The van der Waals surface area contributed by atoms with Crippen molar-refractivity contribution in [3.05, 3.63) is 77.3 Å². The van der Waals surface area contributed by atoms with E-state index in [0.29, 0.717) is 17.1 Å². The fraction of sp³-hybridized carbons (Fsp3) is 0.0588. The fourth-order valence-electron chi connectivity index (χ4n) is 2.05. The number of pyridine rings is 1. The molecule has 2 heterocycles. The molecular formula is C17H13ClN2O2. The molecule has 0 atom stereocenters. The van der Waals surface area contributed by atoms with Crippen LogP contribution in [-0.4, -0.2) is 10.9 Å². The number of amides is 1. The molecule has 0 aliphatic rings. The van der Waals surface area contributed by atoms with Crippen LogP contribution in [0.2, 0.25) is 5.02 Å². The van der Waals surface area contributed by atoms with Crippen molar-refractivity contribution in [2.45, 2.75) is 6.54 Å². The molecule has 110 valence electrons. The summed E-state index contributed by atoms with van der Waals surface area (Å²) in [7, 11) is 0. The van der Waals surface area contributed by atoms with Gasteiger partial charge in [-0.15, -0.1) is 0 Å². The molecular weight excluding hydrogens is 300 g/mol. The number of rotatable bonds is 4. The number of furan rings is 1. The summed E-state index contributed by atoms with van der Waals surface area (Å²) in [5.41, 5.74) is 2.35. The Bertz CT molecular complexity index is 768. The Morgan fingerprint density at radius 1 is 1.18 bits per heavy atom. The van der Waals surface area contributed by atoms with Gasteiger partial charge in [-0.2, -0.15) is 0 Å². The zero-order valence-corrected chi connectivity index (χ0v) is 12.4. The molecule has 0 fully saturated rings. The highest BCUT2D eigenvalue weighted by Gasteiger charge is 2.06. The minimum absolute atomic E-state index is 0.153. The van der Waals surface area contributed by atoms with E-state index in [-0.39, 0.29) is 5.91 Å². The van der Waals surface area contributed by atoms with E-state index < -0.39 is 0 Å². The highest BCUT2D eigenvalue weighted by atomic mass is 35.5. The summed E-state index contributed by atoms with van der Waals surface area (Å²) in [6.45, 7) is 0.392. The summed E-state index contributed by atoms with van der Waals surface area (Å²) >= 11 is 5.81. The number of aromatic nitrogens is 1. The molecule has 0 radical (unpaired) electrons. The van der Waals surface area contributed by atoms with Crippen LogP contribution in [0.5, 0.6) is 0 Å². The quantitative estimate of drug-likeness (QED) is 0.794. The highest BCUT2D eigenvalue weighted by Crippen LogP contribution is 2.19. The Kier molecular flexibility index (Phi) is 4.21.